The summed E-state index contributed by atoms with van der Waals surface area (Å²) in [7, 11) is 2.21. The fourth-order valence-electron chi connectivity index (χ4n) is 2.69. The second-order valence-electron chi connectivity index (χ2n) is 6.01. The first-order chi connectivity index (χ1) is 10.7. The number of hydrogen-bond donors (Lipinski definition) is 1. The van der Waals surface area contributed by atoms with E-state index in [1.165, 1.54) is 11.1 Å². The van der Waals surface area contributed by atoms with Gasteiger partial charge in [-0.2, -0.15) is 0 Å². The van der Waals surface area contributed by atoms with Crippen molar-refractivity contribution in [3.05, 3.63) is 71.8 Å². The standard InChI is InChI=1S/C20H28N2/c1-17(19-11-6-4-7-12-19)21-15-10-16-22(3)18(2)20-13-8-5-9-14-20/h4-9,11-14,17-18,21H,10,15-16H2,1-3H3/t17-,18-/m1/s1. The van der Waals surface area contributed by atoms with E-state index in [-0.39, 0.29) is 0 Å². The summed E-state index contributed by atoms with van der Waals surface area (Å²) in [5.74, 6) is 0. The minimum atomic E-state index is 0.415. The summed E-state index contributed by atoms with van der Waals surface area (Å²) in [6.07, 6.45) is 1.16. The van der Waals surface area contributed by atoms with E-state index in [1.54, 1.807) is 0 Å². The monoisotopic (exact) mass is 296 g/mol. The SMILES string of the molecule is C[C@H](c1ccccc1)N(C)CCCN[C@H](C)c1ccccc1. The maximum Gasteiger partial charge on any atom is 0.0316 e. The van der Waals surface area contributed by atoms with Crippen molar-refractivity contribution in [1.29, 1.82) is 0 Å². The van der Waals surface area contributed by atoms with Crippen molar-refractivity contribution in [3.8, 4) is 0 Å². The first-order valence-electron chi connectivity index (χ1n) is 8.22. The molecule has 0 fully saturated rings. The molecule has 0 aliphatic carbocycles. The lowest BCUT2D eigenvalue weighted by molar-refractivity contribution is 0.256. The summed E-state index contributed by atoms with van der Waals surface area (Å²) in [4.78, 5) is 2.42. The van der Waals surface area contributed by atoms with Crippen molar-refractivity contribution in [2.75, 3.05) is 20.1 Å². The number of nitrogens with zero attached hydrogens (tertiary/aromatic N) is 1. The normalized spacial score (nSPS) is 14.0. The van der Waals surface area contributed by atoms with Crippen LogP contribution < -0.4 is 5.32 Å². The van der Waals surface area contributed by atoms with Crippen LogP contribution in [0.3, 0.4) is 0 Å². The predicted molar refractivity (Wildman–Crippen MR) is 95.0 cm³/mol. The number of hydrogen-bond acceptors (Lipinski definition) is 2. The van der Waals surface area contributed by atoms with Gasteiger partial charge in [-0.3, -0.25) is 4.90 Å². The lowest BCUT2D eigenvalue weighted by Gasteiger charge is -2.25. The van der Waals surface area contributed by atoms with Gasteiger partial charge >= 0.3 is 0 Å². The molecule has 0 saturated heterocycles. The second-order valence-corrected chi connectivity index (χ2v) is 6.01. The van der Waals surface area contributed by atoms with Crippen LogP contribution in [0.5, 0.6) is 0 Å². The highest BCUT2D eigenvalue weighted by atomic mass is 15.1. The van der Waals surface area contributed by atoms with E-state index in [4.69, 9.17) is 0 Å². The van der Waals surface area contributed by atoms with Gasteiger partial charge in [-0.15, -0.1) is 0 Å². The molecule has 0 radical (unpaired) electrons. The van der Waals surface area contributed by atoms with Crippen molar-refractivity contribution >= 4 is 0 Å². The van der Waals surface area contributed by atoms with Gasteiger partial charge in [0.15, 0.2) is 0 Å². The Labute approximate surface area is 135 Å². The van der Waals surface area contributed by atoms with Gasteiger partial charge in [-0.1, -0.05) is 60.7 Å². The van der Waals surface area contributed by atoms with Gasteiger partial charge in [0, 0.05) is 12.1 Å². The fourth-order valence-corrected chi connectivity index (χ4v) is 2.69. The molecule has 0 amide bonds. The zero-order chi connectivity index (χ0) is 15.8. The molecule has 2 rings (SSSR count). The van der Waals surface area contributed by atoms with Gasteiger partial charge < -0.3 is 5.32 Å². The molecule has 0 unspecified atom stereocenters. The minimum absolute atomic E-state index is 0.415. The van der Waals surface area contributed by atoms with Crippen LogP contribution in [-0.2, 0) is 0 Å². The molecule has 2 atom stereocenters. The molecule has 22 heavy (non-hydrogen) atoms. The highest BCUT2D eigenvalue weighted by molar-refractivity contribution is 5.18. The van der Waals surface area contributed by atoms with E-state index in [2.05, 4.69) is 91.8 Å². The van der Waals surface area contributed by atoms with Crippen LogP contribution in [0.1, 0.15) is 43.5 Å². The van der Waals surface area contributed by atoms with E-state index in [0.29, 0.717) is 12.1 Å². The van der Waals surface area contributed by atoms with E-state index in [0.717, 1.165) is 19.5 Å². The molecule has 0 aromatic heterocycles. The Bertz CT molecular complexity index is 524. The topological polar surface area (TPSA) is 15.3 Å². The molecule has 0 aliphatic rings. The maximum absolute atomic E-state index is 3.61. The van der Waals surface area contributed by atoms with Gasteiger partial charge in [-0.25, -0.2) is 0 Å². The quantitative estimate of drug-likeness (QED) is 0.725. The van der Waals surface area contributed by atoms with Gasteiger partial charge in [-0.05, 0) is 51.5 Å². The molecule has 0 spiro atoms. The summed E-state index contributed by atoms with van der Waals surface area (Å²) < 4.78 is 0. The van der Waals surface area contributed by atoms with E-state index in [9.17, 15) is 0 Å². The molecular formula is C20H28N2. The summed E-state index contributed by atoms with van der Waals surface area (Å²) in [6, 6.07) is 22.2. The number of nitrogens with one attached hydrogen (secondary N) is 1. The maximum atomic E-state index is 3.61. The average molecular weight is 296 g/mol. The summed E-state index contributed by atoms with van der Waals surface area (Å²) in [5, 5.41) is 3.61. The second kappa shape index (κ2) is 8.72. The predicted octanol–water partition coefficient (Wildman–Crippen LogP) is 4.42. The van der Waals surface area contributed by atoms with Crippen molar-refractivity contribution in [2.45, 2.75) is 32.4 Å². The highest BCUT2D eigenvalue weighted by Crippen LogP contribution is 2.18. The average Bonchev–Trinajstić information content (AvgIpc) is 2.59. The smallest absolute Gasteiger partial charge is 0.0316 e. The molecule has 2 aromatic rings. The van der Waals surface area contributed by atoms with Gasteiger partial charge in [0.2, 0.25) is 0 Å². The van der Waals surface area contributed by atoms with E-state index in [1.807, 2.05) is 0 Å². The first kappa shape index (κ1) is 16.7. The lowest BCUT2D eigenvalue weighted by Crippen LogP contribution is -2.27. The van der Waals surface area contributed by atoms with Crippen molar-refractivity contribution in [3.63, 3.8) is 0 Å². The Hall–Kier alpha value is -1.64. The van der Waals surface area contributed by atoms with Crippen molar-refractivity contribution in [1.82, 2.24) is 10.2 Å². The molecule has 2 heteroatoms. The van der Waals surface area contributed by atoms with E-state index < -0.39 is 0 Å². The van der Waals surface area contributed by atoms with Crippen LogP contribution in [0.4, 0.5) is 0 Å². The largest absolute Gasteiger partial charge is 0.310 e. The van der Waals surface area contributed by atoms with Crippen LogP contribution in [0, 0.1) is 0 Å². The third-order valence-electron chi connectivity index (χ3n) is 4.38. The molecule has 0 saturated carbocycles. The first-order valence-corrected chi connectivity index (χ1v) is 8.22. The third-order valence-corrected chi connectivity index (χ3v) is 4.38. The molecule has 0 aliphatic heterocycles. The van der Waals surface area contributed by atoms with Crippen molar-refractivity contribution in [2.24, 2.45) is 0 Å². The lowest BCUT2D eigenvalue weighted by atomic mass is 10.1. The van der Waals surface area contributed by atoms with Crippen molar-refractivity contribution < 1.29 is 0 Å². The zero-order valence-electron chi connectivity index (χ0n) is 14.0. The van der Waals surface area contributed by atoms with Crippen LogP contribution in [0.25, 0.3) is 0 Å². The summed E-state index contributed by atoms with van der Waals surface area (Å²) in [5.41, 5.74) is 2.74. The Morgan fingerprint density at radius 1 is 0.864 bits per heavy atom. The highest BCUT2D eigenvalue weighted by Gasteiger charge is 2.10. The number of benzene rings is 2. The molecule has 1 N–H and O–H groups in total. The van der Waals surface area contributed by atoms with Gasteiger partial charge in [0.05, 0.1) is 0 Å². The third kappa shape index (κ3) is 4.97. The molecular weight excluding hydrogens is 268 g/mol. The van der Waals surface area contributed by atoms with Crippen LogP contribution in [-0.4, -0.2) is 25.0 Å². The summed E-state index contributed by atoms with van der Waals surface area (Å²) in [6.45, 7) is 6.65. The zero-order valence-corrected chi connectivity index (χ0v) is 14.0. The summed E-state index contributed by atoms with van der Waals surface area (Å²) >= 11 is 0. The molecule has 2 aromatic carbocycles. The molecule has 2 nitrogen and oxygen atoms in total. The van der Waals surface area contributed by atoms with Gasteiger partial charge in [0.1, 0.15) is 0 Å². The van der Waals surface area contributed by atoms with Gasteiger partial charge in [0.25, 0.3) is 0 Å². The molecule has 118 valence electrons. The Kier molecular flexibility index (Phi) is 6.63. The van der Waals surface area contributed by atoms with Crippen LogP contribution in [0.2, 0.25) is 0 Å². The Balaban J connectivity index is 1.70. The molecule has 0 bridgehead atoms. The Morgan fingerprint density at radius 2 is 1.41 bits per heavy atom. The molecule has 0 heterocycles. The Morgan fingerprint density at radius 3 is 2.00 bits per heavy atom. The fraction of sp³-hybridized carbons (Fsp3) is 0.400. The van der Waals surface area contributed by atoms with E-state index >= 15 is 0 Å². The number of rotatable bonds is 8. The minimum Gasteiger partial charge on any atom is -0.310 e. The van der Waals surface area contributed by atoms with Crippen LogP contribution >= 0.6 is 0 Å². The van der Waals surface area contributed by atoms with Crippen LogP contribution in [0.15, 0.2) is 60.7 Å².